The third kappa shape index (κ3) is 2.64. The van der Waals surface area contributed by atoms with Crippen LogP contribution < -0.4 is 9.80 Å². The van der Waals surface area contributed by atoms with Crippen LogP contribution in [0.5, 0.6) is 0 Å². The predicted octanol–water partition coefficient (Wildman–Crippen LogP) is 4.61. The van der Waals surface area contributed by atoms with Crippen molar-refractivity contribution in [2.24, 2.45) is 0 Å². The van der Waals surface area contributed by atoms with Crippen LogP contribution in [-0.2, 0) is 0 Å². The van der Waals surface area contributed by atoms with E-state index in [1.165, 1.54) is 27.8 Å². The summed E-state index contributed by atoms with van der Waals surface area (Å²) in [6.45, 7) is 7.28. The van der Waals surface area contributed by atoms with Crippen molar-refractivity contribution in [3.05, 3.63) is 65.5 Å². The summed E-state index contributed by atoms with van der Waals surface area (Å²) in [6, 6.07) is 13.2. The predicted molar refractivity (Wildman–Crippen MR) is 104 cm³/mol. The summed E-state index contributed by atoms with van der Waals surface area (Å²) < 4.78 is 0. The smallest absolute Gasteiger partial charge is 0.178 e. The van der Waals surface area contributed by atoms with E-state index in [-0.39, 0.29) is 0 Å². The fraction of sp³-hybridized carbons (Fsp3) is 0.238. The molecule has 4 heteroatoms. The summed E-state index contributed by atoms with van der Waals surface area (Å²) in [7, 11) is 2.05. The molecule has 0 N–H and O–H groups in total. The summed E-state index contributed by atoms with van der Waals surface area (Å²) >= 11 is 0. The molecule has 0 saturated carbocycles. The second kappa shape index (κ2) is 5.88. The van der Waals surface area contributed by atoms with Gasteiger partial charge >= 0.3 is 0 Å². The van der Waals surface area contributed by atoms with Gasteiger partial charge in [-0.3, -0.25) is 0 Å². The van der Waals surface area contributed by atoms with Crippen LogP contribution in [0.25, 0.3) is 11.1 Å². The monoisotopic (exact) mass is 330 g/mol. The zero-order chi connectivity index (χ0) is 17.6. The van der Waals surface area contributed by atoms with Crippen LogP contribution in [0, 0.1) is 20.8 Å². The van der Waals surface area contributed by atoms with Gasteiger partial charge in [-0.15, -0.1) is 0 Å². The standard InChI is InChI=1S/C21H22N4/c1-14-10-15(2)19(16(3)11-14)17-6-5-7-18(12-17)25-13-24(4)20-21(25)23-9-8-22-20/h5-12H,13H2,1-4H3. The molecule has 4 nitrogen and oxygen atoms in total. The average molecular weight is 330 g/mol. The molecule has 0 aliphatic carbocycles. The van der Waals surface area contributed by atoms with E-state index in [2.05, 4.69) is 76.9 Å². The molecule has 0 unspecified atom stereocenters. The minimum absolute atomic E-state index is 0.759. The van der Waals surface area contributed by atoms with E-state index in [9.17, 15) is 0 Å². The lowest BCUT2D eigenvalue weighted by atomic mass is 9.93. The van der Waals surface area contributed by atoms with Crippen LogP contribution in [-0.4, -0.2) is 23.7 Å². The molecule has 1 aromatic heterocycles. The van der Waals surface area contributed by atoms with Crippen LogP contribution in [0.3, 0.4) is 0 Å². The maximum absolute atomic E-state index is 4.54. The van der Waals surface area contributed by atoms with Gasteiger partial charge in [0.2, 0.25) is 0 Å². The highest BCUT2D eigenvalue weighted by molar-refractivity contribution is 5.80. The highest BCUT2D eigenvalue weighted by atomic mass is 15.4. The molecule has 0 saturated heterocycles. The van der Waals surface area contributed by atoms with Gasteiger partial charge in [-0.05, 0) is 55.2 Å². The number of benzene rings is 2. The van der Waals surface area contributed by atoms with Crippen LogP contribution in [0.1, 0.15) is 16.7 Å². The van der Waals surface area contributed by atoms with Crippen molar-refractivity contribution in [3.8, 4) is 11.1 Å². The van der Waals surface area contributed by atoms with Crippen molar-refractivity contribution in [2.75, 3.05) is 23.5 Å². The Bertz CT molecular complexity index is 925. The largest absolute Gasteiger partial charge is 0.338 e. The molecule has 0 amide bonds. The molecule has 4 rings (SSSR count). The fourth-order valence-electron chi connectivity index (χ4n) is 3.80. The second-order valence-corrected chi connectivity index (χ2v) is 6.80. The molecular weight excluding hydrogens is 308 g/mol. The Morgan fingerprint density at radius 3 is 2.28 bits per heavy atom. The van der Waals surface area contributed by atoms with E-state index in [1.807, 2.05) is 7.05 Å². The SMILES string of the molecule is Cc1cc(C)c(-c2cccc(N3CN(C)c4nccnc43)c2)c(C)c1. The topological polar surface area (TPSA) is 32.3 Å². The van der Waals surface area contributed by atoms with Gasteiger partial charge in [0.1, 0.15) is 0 Å². The van der Waals surface area contributed by atoms with Crippen LogP contribution in [0.4, 0.5) is 17.3 Å². The number of fused-ring (bicyclic) bond motifs is 1. The van der Waals surface area contributed by atoms with E-state index in [4.69, 9.17) is 0 Å². The molecule has 0 atom stereocenters. The molecule has 2 heterocycles. The summed E-state index contributed by atoms with van der Waals surface area (Å²) in [5.74, 6) is 1.84. The number of aromatic nitrogens is 2. The molecule has 1 aliphatic rings. The van der Waals surface area contributed by atoms with Gasteiger partial charge in [0.05, 0.1) is 6.67 Å². The molecule has 3 aromatic rings. The lowest BCUT2D eigenvalue weighted by Gasteiger charge is -2.20. The van der Waals surface area contributed by atoms with Crippen molar-refractivity contribution in [1.82, 2.24) is 9.97 Å². The fourth-order valence-corrected chi connectivity index (χ4v) is 3.80. The minimum atomic E-state index is 0.759. The molecule has 0 spiro atoms. The Labute approximate surface area is 148 Å². The first-order chi connectivity index (χ1) is 12.0. The highest BCUT2D eigenvalue weighted by Crippen LogP contribution is 2.38. The summed E-state index contributed by atoms with van der Waals surface area (Å²) in [6.07, 6.45) is 3.50. The van der Waals surface area contributed by atoms with Crippen molar-refractivity contribution in [2.45, 2.75) is 20.8 Å². The number of anilines is 3. The number of hydrogen-bond acceptors (Lipinski definition) is 4. The van der Waals surface area contributed by atoms with Crippen molar-refractivity contribution in [3.63, 3.8) is 0 Å². The van der Waals surface area contributed by atoms with E-state index < -0.39 is 0 Å². The molecule has 0 bridgehead atoms. The van der Waals surface area contributed by atoms with Gasteiger partial charge in [-0.25, -0.2) is 9.97 Å². The van der Waals surface area contributed by atoms with E-state index in [0.29, 0.717) is 0 Å². The zero-order valence-electron chi connectivity index (χ0n) is 15.1. The Morgan fingerprint density at radius 1 is 0.880 bits per heavy atom. The van der Waals surface area contributed by atoms with Crippen LogP contribution >= 0.6 is 0 Å². The second-order valence-electron chi connectivity index (χ2n) is 6.80. The van der Waals surface area contributed by atoms with Crippen molar-refractivity contribution < 1.29 is 0 Å². The average Bonchev–Trinajstić information content (AvgIpc) is 2.92. The molecular formula is C21H22N4. The van der Waals surface area contributed by atoms with Crippen LogP contribution in [0.15, 0.2) is 48.8 Å². The zero-order valence-corrected chi connectivity index (χ0v) is 15.1. The third-order valence-corrected chi connectivity index (χ3v) is 4.75. The summed E-state index contributed by atoms with van der Waals surface area (Å²) in [5.41, 5.74) is 7.64. The Kier molecular flexibility index (Phi) is 3.68. The number of aryl methyl sites for hydroxylation is 3. The minimum Gasteiger partial charge on any atom is -0.338 e. The molecule has 0 radical (unpaired) electrons. The third-order valence-electron chi connectivity index (χ3n) is 4.75. The van der Waals surface area contributed by atoms with Gasteiger partial charge in [0.15, 0.2) is 11.6 Å². The van der Waals surface area contributed by atoms with Gasteiger partial charge in [-0.1, -0.05) is 29.8 Å². The van der Waals surface area contributed by atoms with Crippen molar-refractivity contribution >= 4 is 17.3 Å². The molecule has 2 aromatic carbocycles. The Hall–Kier alpha value is -2.88. The number of rotatable bonds is 2. The maximum Gasteiger partial charge on any atom is 0.178 e. The quantitative estimate of drug-likeness (QED) is 0.686. The summed E-state index contributed by atoms with van der Waals surface area (Å²) in [5, 5.41) is 0. The van der Waals surface area contributed by atoms with Gasteiger partial charge < -0.3 is 9.80 Å². The number of hydrogen-bond donors (Lipinski definition) is 0. The normalized spacial score (nSPS) is 13.3. The summed E-state index contributed by atoms with van der Waals surface area (Å²) in [4.78, 5) is 13.3. The van der Waals surface area contributed by atoms with E-state index in [1.54, 1.807) is 12.4 Å². The Morgan fingerprint density at radius 2 is 1.56 bits per heavy atom. The van der Waals surface area contributed by atoms with E-state index in [0.717, 1.165) is 24.0 Å². The van der Waals surface area contributed by atoms with Crippen molar-refractivity contribution in [1.29, 1.82) is 0 Å². The van der Waals surface area contributed by atoms with Crippen LogP contribution in [0.2, 0.25) is 0 Å². The van der Waals surface area contributed by atoms with Gasteiger partial charge in [0, 0.05) is 25.1 Å². The lowest BCUT2D eigenvalue weighted by molar-refractivity contribution is 0.936. The first kappa shape index (κ1) is 15.6. The first-order valence-electron chi connectivity index (χ1n) is 8.52. The number of nitrogens with zero attached hydrogens (tertiary/aromatic N) is 4. The van der Waals surface area contributed by atoms with Gasteiger partial charge in [-0.2, -0.15) is 0 Å². The molecule has 126 valence electrons. The maximum atomic E-state index is 4.54. The molecule has 25 heavy (non-hydrogen) atoms. The highest BCUT2D eigenvalue weighted by Gasteiger charge is 2.27. The van der Waals surface area contributed by atoms with Gasteiger partial charge in [0.25, 0.3) is 0 Å². The molecule has 0 fully saturated rings. The van der Waals surface area contributed by atoms with E-state index >= 15 is 0 Å². The molecule has 1 aliphatic heterocycles. The lowest BCUT2D eigenvalue weighted by Crippen LogP contribution is -2.24. The first-order valence-corrected chi connectivity index (χ1v) is 8.52. The Balaban J connectivity index is 1.80.